The molecule has 0 amide bonds. The van der Waals surface area contributed by atoms with Crippen LogP contribution in [0.5, 0.6) is 0 Å². The second kappa shape index (κ2) is 12.3. The Morgan fingerprint density at radius 3 is 1.79 bits per heavy atom. The minimum absolute atomic E-state index is 0.0726. The molecule has 8 aromatic carbocycles. The summed E-state index contributed by atoms with van der Waals surface area (Å²) >= 11 is 0. The lowest BCUT2D eigenvalue weighted by Gasteiger charge is -2.16. The minimum atomic E-state index is -0.200. The summed E-state index contributed by atoms with van der Waals surface area (Å²) in [5.41, 5.74) is 7.41. The first kappa shape index (κ1) is 26.1. The third-order valence-corrected chi connectivity index (χ3v) is 10.6. The van der Waals surface area contributed by atoms with Crippen molar-refractivity contribution in [2.45, 2.75) is 0 Å². The molecule has 6 nitrogen and oxygen atoms in total. The molecule has 0 spiro atoms. The summed E-state index contributed by atoms with van der Waals surface area (Å²) in [6.07, 6.45) is 0. The highest BCUT2D eigenvalue weighted by atomic mass is 16.3. The van der Waals surface area contributed by atoms with Gasteiger partial charge >= 0.3 is 0 Å². The van der Waals surface area contributed by atoms with Gasteiger partial charge in [-0.05, 0) is 60.1 Å². The first-order valence-electron chi connectivity index (χ1n) is 21.5. The Hall–Kier alpha value is -7.83. The van der Waals surface area contributed by atoms with E-state index < -0.39 is 0 Å². The Labute approximate surface area is 334 Å². The van der Waals surface area contributed by atoms with Gasteiger partial charge in [-0.1, -0.05) is 127 Å². The van der Waals surface area contributed by atoms with Gasteiger partial charge in [-0.3, -0.25) is 0 Å². The van der Waals surface area contributed by atoms with Crippen LogP contribution in [-0.2, 0) is 0 Å². The predicted molar refractivity (Wildman–Crippen MR) is 230 cm³/mol. The van der Waals surface area contributed by atoms with E-state index in [1.165, 1.54) is 12.1 Å². The summed E-state index contributed by atoms with van der Waals surface area (Å²) in [6, 6.07) is 44.7. The van der Waals surface area contributed by atoms with E-state index in [4.69, 9.17) is 29.3 Å². The molecule has 12 rings (SSSR count). The summed E-state index contributed by atoms with van der Waals surface area (Å²) in [4.78, 5) is 15.4. The lowest BCUT2D eigenvalue weighted by Crippen LogP contribution is -2.04. The van der Waals surface area contributed by atoms with Crippen molar-refractivity contribution in [3.05, 3.63) is 182 Å². The number of nitrogens with zero attached hydrogens (tertiary/aromatic N) is 4. The number of hydrogen-bond donors (Lipinski definition) is 0. The van der Waals surface area contributed by atoms with Gasteiger partial charge in [0.2, 0.25) is 0 Å². The van der Waals surface area contributed by atoms with Gasteiger partial charge in [0.1, 0.15) is 22.3 Å². The van der Waals surface area contributed by atoms with Gasteiger partial charge in [0.25, 0.3) is 0 Å². The fourth-order valence-corrected chi connectivity index (χ4v) is 8.01. The van der Waals surface area contributed by atoms with Crippen LogP contribution in [0.4, 0.5) is 0 Å². The maximum absolute atomic E-state index is 9.26. The van der Waals surface area contributed by atoms with E-state index in [1.54, 1.807) is 4.57 Å². The van der Waals surface area contributed by atoms with Crippen molar-refractivity contribution in [2.24, 2.45) is 0 Å². The number of rotatable bonds is 5. The molecule has 57 heavy (non-hydrogen) atoms. The van der Waals surface area contributed by atoms with E-state index >= 15 is 0 Å². The van der Waals surface area contributed by atoms with Gasteiger partial charge in [-0.2, -0.15) is 0 Å². The molecule has 0 bridgehead atoms. The van der Waals surface area contributed by atoms with Gasteiger partial charge < -0.3 is 13.4 Å². The number of hydrogen-bond acceptors (Lipinski definition) is 5. The third-order valence-electron chi connectivity index (χ3n) is 10.6. The van der Waals surface area contributed by atoms with Crippen LogP contribution in [-0.4, -0.2) is 19.5 Å². The summed E-state index contributed by atoms with van der Waals surface area (Å²) in [5, 5.41) is 4.11. The molecule has 0 N–H and O–H groups in total. The number of para-hydroxylation sites is 5. The molecule has 0 atom stereocenters. The van der Waals surface area contributed by atoms with Gasteiger partial charge in [0.05, 0.1) is 24.9 Å². The van der Waals surface area contributed by atoms with Crippen molar-refractivity contribution in [3.8, 4) is 51.0 Å². The summed E-state index contributed by atoms with van der Waals surface area (Å²) in [5.74, 6) is 1.09. The fraction of sp³-hybridized carbons (Fsp3) is 0. The van der Waals surface area contributed by atoms with Crippen LogP contribution >= 0.6 is 0 Å². The highest BCUT2D eigenvalue weighted by Gasteiger charge is 2.22. The van der Waals surface area contributed by atoms with Crippen LogP contribution < -0.4 is 0 Å². The van der Waals surface area contributed by atoms with Crippen molar-refractivity contribution in [1.29, 1.82) is 0 Å². The van der Waals surface area contributed by atoms with E-state index in [2.05, 4.69) is 0 Å². The monoisotopic (exact) mass is 736 g/mol. The quantitative estimate of drug-likeness (QED) is 0.176. The highest BCUT2D eigenvalue weighted by Crippen LogP contribution is 2.41. The average Bonchev–Trinajstić information content (AvgIpc) is 4.00. The molecule has 12 aromatic rings. The molecule has 0 radical (unpaired) electrons. The Balaban J connectivity index is 1.20. The number of furan rings is 2. The van der Waals surface area contributed by atoms with E-state index in [9.17, 15) is 2.74 Å². The maximum atomic E-state index is 9.26. The third kappa shape index (κ3) is 4.94. The van der Waals surface area contributed by atoms with Crippen LogP contribution in [0.1, 0.15) is 8.22 Å². The van der Waals surface area contributed by atoms with Crippen LogP contribution in [0, 0.1) is 0 Å². The van der Waals surface area contributed by atoms with Gasteiger partial charge in [-0.25, -0.2) is 15.0 Å². The van der Waals surface area contributed by atoms with Crippen LogP contribution in [0.3, 0.4) is 0 Å². The topological polar surface area (TPSA) is 69.9 Å². The standard InChI is InChI=1S/C51H30N4O2/c1-2-13-31(14-3-1)49-52-50(33-26-28-47-40(30-33)38-18-7-10-23-45(38)56-47)54-51(53-49)41-29-32(34-19-12-20-39-37-17-6-11-24-46(37)57-48(34)39)25-27-44(41)55-42-21-8-4-15-35(42)36-16-5-9-22-43(36)55/h1-30H/i4D,5D,15D,16D,21D,22D. The molecule has 0 aliphatic carbocycles. The molecule has 0 saturated carbocycles. The number of aromatic nitrogens is 4. The molecule has 266 valence electrons. The molecule has 0 aliphatic rings. The zero-order chi connectivity index (χ0) is 42.7. The van der Waals surface area contributed by atoms with Gasteiger partial charge in [0, 0.05) is 54.6 Å². The summed E-state index contributed by atoms with van der Waals surface area (Å²) in [6.45, 7) is 0. The van der Waals surface area contributed by atoms with E-state index in [0.29, 0.717) is 28.5 Å². The van der Waals surface area contributed by atoms with Gasteiger partial charge in [0.15, 0.2) is 17.5 Å². The van der Waals surface area contributed by atoms with Crippen molar-refractivity contribution in [3.63, 3.8) is 0 Å². The van der Waals surface area contributed by atoms with Crippen LogP contribution in [0.15, 0.2) is 191 Å². The Morgan fingerprint density at radius 2 is 1.02 bits per heavy atom. The zero-order valence-electron chi connectivity index (χ0n) is 36.0. The predicted octanol–water partition coefficient (Wildman–Crippen LogP) is 13.4. The molecule has 0 saturated heterocycles. The smallest absolute Gasteiger partial charge is 0.166 e. The number of fused-ring (bicyclic) bond motifs is 9. The van der Waals surface area contributed by atoms with Crippen LogP contribution in [0.25, 0.3) is 117 Å². The molecule has 4 aromatic heterocycles. The zero-order valence-corrected chi connectivity index (χ0v) is 30.0. The lowest BCUT2D eigenvalue weighted by atomic mass is 9.98. The van der Waals surface area contributed by atoms with Crippen molar-refractivity contribution >= 4 is 65.7 Å². The highest BCUT2D eigenvalue weighted by molar-refractivity contribution is 6.11. The molecular formula is C51H30N4O2. The van der Waals surface area contributed by atoms with Crippen molar-refractivity contribution in [1.82, 2.24) is 19.5 Å². The summed E-state index contributed by atoms with van der Waals surface area (Å²) in [7, 11) is 0. The van der Waals surface area contributed by atoms with Crippen molar-refractivity contribution < 1.29 is 17.1 Å². The molecule has 4 heterocycles. The average molecular weight is 737 g/mol. The second-order valence-electron chi connectivity index (χ2n) is 13.9. The molecule has 0 unspecified atom stereocenters. The molecular weight excluding hydrogens is 701 g/mol. The largest absolute Gasteiger partial charge is 0.456 e. The molecule has 0 fully saturated rings. The lowest BCUT2D eigenvalue weighted by molar-refractivity contribution is 0.669. The number of benzene rings is 8. The Morgan fingerprint density at radius 1 is 0.404 bits per heavy atom. The maximum Gasteiger partial charge on any atom is 0.166 e. The molecule has 6 heteroatoms. The normalized spacial score (nSPS) is 13.3. The second-order valence-corrected chi connectivity index (χ2v) is 13.9. The van der Waals surface area contributed by atoms with Gasteiger partial charge in [-0.15, -0.1) is 0 Å². The first-order chi connectivity index (χ1) is 30.7. The summed E-state index contributed by atoms with van der Waals surface area (Å²) < 4.78 is 68.2. The Kier molecular flexibility index (Phi) is 5.64. The Bertz CT molecular complexity index is 3820. The van der Waals surface area contributed by atoms with E-state index in [-0.39, 0.29) is 63.9 Å². The molecule has 0 aliphatic heterocycles. The SMILES string of the molecule is [2H]c1cc([2H])c2c(c1[2H])c1c([2H])c([2H])cc([2H])c1n2-c1ccc(-c2cccc3c2oc2ccccc23)cc1-c1nc(-c2ccccc2)nc(-c2ccc3oc4ccccc4c3c2)n1. The fourth-order valence-electron chi connectivity index (χ4n) is 8.01. The van der Waals surface area contributed by atoms with Crippen LogP contribution in [0.2, 0.25) is 0 Å². The van der Waals surface area contributed by atoms with E-state index in [1.807, 2.05) is 133 Å². The van der Waals surface area contributed by atoms with E-state index in [0.717, 1.165) is 60.5 Å². The first-order valence-corrected chi connectivity index (χ1v) is 18.5. The minimum Gasteiger partial charge on any atom is -0.456 e. The van der Waals surface area contributed by atoms with Crippen molar-refractivity contribution in [2.75, 3.05) is 0 Å².